The molecule has 3 rings (SSSR count). The molecule has 0 radical (unpaired) electrons. The number of hydrazone groups is 1. The number of carbonyl (C=O) groups excluding carboxylic acids is 2. The van der Waals surface area contributed by atoms with Gasteiger partial charge in [0.2, 0.25) is 5.91 Å². The van der Waals surface area contributed by atoms with Crippen LogP contribution >= 0.6 is 0 Å². The number of nitrogens with zero attached hydrogens (tertiary/aromatic N) is 3. The number of anilines is 1. The van der Waals surface area contributed by atoms with Crippen LogP contribution in [0.15, 0.2) is 58.4 Å². The molecule has 0 saturated carbocycles. The summed E-state index contributed by atoms with van der Waals surface area (Å²) < 4.78 is 1.36. The molecule has 3 aromatic rings. The smallest absolute Gasteiger partial charge is 0.292 e. The zero-order valence-electron chi connectivity index (χ0n) is 17.6. The normalized spacial score (nSPS) is 11.0. The number of fused-ring (bicyclic) bond motifs is 1. The minimum absolute atomic E-state index is 0.149. The van der Waals surface area contributed by atoms with Gasteiger partial charge in [-0.3, -0.25) is 14.4 Å². The molecule has 2 aromatic carbocycles. The third-order valence-electron chi connectivity index (χ3n) is 4.67. The Morgan fingerprint density at radius 3 is 2.45 bits per heavy atom. The average molecular weight is 419 g/mol. The molecule has 0 fully saturated rings. The van der Waals surface area contributed by atoms with Gasteiger partial charge in [0.25, 0.3) is 11.5 Å². The lowest BCUT2D eigenvalue weighted by Gasteiger charge is -2.10. The summed E-state index contributed by atoms with van der Waals surface area (Å²) in [5, 5.41) is 11.9. The molecule has 1 heterocycles. The Kier molecular flexibility index (Phi) is 7.26. The lowest BCUT2D eigenvalue weighted by atomic mass is 10.1. The standard InChI is InChI=1S/C23H25N5O3/c1-3-4-7-14-28-23(31)20-9-6-5-8-19(20)21(27-28)22(30)26-24-15-17-10-12-18(13-11-17)25-16(2)29/h5-6,8-13,15H,3-4,7,14H2,1-2H3,(H,25,29)(H,26,30)/b24-15-. The largest absolute Gasteiger partial charge is 0.326 e. The third kappa shape index (κ3) is 5.63. The van der Waals surface area contributed by atoms with Gasteiger partial charge in [-0.05, 0) is 30.2 Å². The molecule has 0 aliphatic rings. The molecule has 160 valence electrons. The van der Waals surface area contributed by atoms with Crippen molar-refractivity contribution in [3.8, 4) is 0 Å². The highest BCUT2D eigenvalue weighted by Crippen LogP contribution is 2.14. The number of unbranched alkanes of at least 4 members (excludes halogenated alkanes) is 2. The molecule has 8 nitrogen and oxygen atoms in total. The monoisotopic (exact) mass is 419 g/mol. The van der Waals surface area contributed by atoms with E-state index in [-0.39, 0.29) is 17.2 Å². The number of rotatable bonds is 8. The zero-order chi connectivity index (χ0) is 22.2. The van der Waals surface area contributed by atoms with Crippen molar-refractivity contribution >= 4 is 34.5 Å². The van der Waals surface area contributed by atoms with Gasteiger partial charge in [0.05, 0.1) is 11.6 Å². The number of amides is 2. The van der Waals surface area contributed by atoms with Crippen LogP contribution in [0.3, 0.4) is 0 Å². The molecule has 0 atom stereocenters. The van der Waals surface area contributed by atoms with E-state index in [1.807, 2.05) is 0 Å². The fraction of sp³-hybridized carbons (Fsp3) is 0.261. The molecule has 8 heteroatoms. The summed E-state index contributed by atoms with van der Waals surface area (Å²) in [7, 11) is 0. The van der Waals surface area contributed by atoms with Gasteiger partial charge in [-0.1, -0.05) is 50.1 Å². The van der Waals surface area contributed by atoms with Crippen LogP contribution in [0.1, 0.15) is 49.2 Å². The van der Waals surface area contributed by atoms with Gasteiger partial charge < -0.3 is 5.32 Å². The number of hydrogen-bond acceptors (Lipinski definition) is 5. The summed E-state index contributed by atoms with van der Waals surface area (Å²) in [5.41, 5.74) is 3.86. The van der Waals surface area contributed by atoms with Crippen LogP contribution in [-0.2, 0) is 11.3 Å². The Bertz CT molecular complexity index is 1170. The fourth-order valence-electron chi connectivity index (χ4n) is 3.14. The first-order valence-corrected chi connectivity index (χ1v) is 10.2. The van der Waals surface area contributed by atoms with Crippen LogP contribution < -0.4 is 16.3 Å². The van der Waals surface area contributed by atoms with E-state index in [2.05, 4.69) is 27.9 Å². The second-order valence-electron chi connectivity index (χ2n) is 7.13. The summed E-state index contributed by atoms with van der Waals surface area (Å²) >= 11 is 0. The number of hydrogen-bond donors (Lipinski definition) is 2. The molecule has 2 amide bonds. The minimum Gasteiger partial charge on any atom is -0.326 e. The van der Waals surface area contributed by atoms with Gasteiger partial charge in [0.15, 0.2) is 5.69 Å². The molecule has 0 spiro atoms. The molecule has 0 saturated heterocycles. The van der Waals surface area contributed by atoms with Crippen molar-refractivity contribution in [1.82, 2.24) is 15.2 Å². The second kappa shape index (κ2) is 10.3. The van der Waals surface area contributed by atoms with Crippen LogP contribution in [0.5, 0.6) is 0 Å². The van der Waals surface area contributed by atoms with E-state index >= 15 is 0 Å². The topological polar surface area (TPSA) is 105 Å². The maximum atomic E-state index is 12.8. The van der Waals surface area contributed by atoms with Gasteiger partial charge in [-0.2, -0.15) is 10.2 Å². The maximum Gasteiger partial charge on any atom is 0.292 e. The Morgan fingerprint density at radius 2 is 1.77 bits per heavy atom. The summed E-state index contributed by atoms with van der Waals surface area (Å²) in [6, 6.07) is 14.0. The molecular formula is C23H25N5O3. The van der Waals surface area contributed by atoms with Crippen LogP contribution in [0.25, 0.3) is 10.8 Å². The molecule has 0 bridgehead atoms. The van der Waals surface area contributed by atoms with Gasteiger partial charge >= 0.3 is 0 Å². The van der Waals surface area contributed by atoms with Crippen LogP contribution in [-0.4, -0.2) is 27.8 Å². The Balaban J connectivity index is 1.79. The van der Waals surface area contributed by atoms with Crippen molar-refractivity contribution < 1.29 is 9.59 Å². The maximum absolute atomic E-state index is 12.8. The first-order valence-electron chi connectivity index (χ1n) is 10.2. The number of benzene rings is 2. The van der Waals surface area contributed by atoms with E-state index in [0.717, 1.165) is 24.8 Å². The second-order valence-corrected chi connectivity index (χ2v) is 7.13. The highest BCUT2D eigenvalue weighted by molar-refractivity contribution is 6.05. The molecule has 1 aromatic heterocycles. The first-order chi connectivity index (χ1) is 15.0. The quantitative estimate of drug-likeness (QED) is 0.332. The Morgan fingerprint density at radius 1 is 1.06 bits per heavy atom. The van der Waals surface area contributed by atoms with Crippen LogP contribution in [0.4, 0.5) is 5.69 Å². The predicted molar refractivity (Wildman–Crippen MR) is 121 cm³/mol. The highest BCUT2D eigenvalue weighted by atomic mass is 16.2. The third-order valence-corrected chi connectivity index (χ3v) is 4.67. The van der Waals surface area contributed by atoms with Crippen LogP contribution in [0.2, 0.25) is 0 Å². The Hall–Kier alpha value is -3.81. The zero-order valence-corrected chi connectivity index (χ0v) is 17.6. The molecule has 0 aliphatic heterocycles. The number of nitrogens with one attached hydrogen (secondary N) is 2. The molecule has 0 aliphatic carbocycles. The van der Waals surface area contributed by atoms with E-state index in [0.29, 0.717) is 23.0 Å². The van der Waals surface area contributed by atoms with E-state index < -0.39 is 5.91 Å². The lowest BCUT2D eigenvalue weighted by Crippen LogP contribution is -2.29. The van der Waals surface area contributed by atoms with E-state index in [1.54, 1.807) is 48.5 Å². The van der Waals surface area contributed by atoms with Crippen LogP contribution in [0, 0.1) is 0 Å². The van der Waals surface area contributed by atoms with Crippen molar-refractivity contribution in [2.45, 2.75) is 39.7 Å². The van der Waals surface area contributed by atoms with Gasteiger partial charge in [-0.15, -0.1) is 0 Å². The van der Waals surface area contributed by atoms with E-state index in [1.165, 1.54) is 17.8 Å². The molecular weight excluding hydrogens is 394 g/mol. The first kappa shape index (κ1) is 21.9. The average Bonchev–Trinajstić information content (AvgIpc) is 2.76. The van der Waals surface area contributed by atoms with Crippen molar-refractivity contribution in [3.63, 3.8) is 0 Å². The van der Waals surface area contributed by atoms with Crippen molar-refractivity contribution in [3.05, 3.63) is 70.1 Å². The Labute approximate surface area is 180 Å². The number of aromatic nitrogens is 2. The molecule has 0 unspecified atom stereocenters. The summed E-state index contributed by atoms with van der Waals surface area (Å²) in [6.07, 6.45) is 4.31. The highest BCUT2D eigenvalue weighted by Gasteiger charge is 2.16. The van der Waals surface area contributed by atoms with E-state index in [4.69, 9.17) is 0 Å². The number of aryl methyl sites for hydroxylation is 1. The summed E-state index contributed by atoms with van der Waals surface area (Å²) in [5.74, 6) is -0.643. The van der Waals surface area contributed by atoms with Crippen molar-refractivity contribution in [1.29, 1.82) is 0 Å². The predicted octanol–water partition coefficient (Wildman–Crippen LogP) is 3.31. The number of carbonyl (C=O) groups is 2. The van der Waals surface area contributed by atoms with Gasteiger partial charge in [0, 0.05) is 24.5 Å². The SMILES string of the molecule is CCCCCn1nc(C(=O)N/N=C\c2ccc(NC(C)=O)cc2)c2ccccc2c1=O. The van der Waals surface area contributed by atoms with E-state index in [9.17, 15) is 14.4 Å². The lowest BCUT2D eigenvalue weighted by molar-refractivity contribution is -0.114. The molecule has 2 N–H and O–H groups in total. The summed E-state index contributed by atoms with van der Waals surface area (Å²) in [6.45, 7) is 3.98. The molecule has 31 heavy (non-hydrogen) atoms. The van der Waals surface area contributed by atoms with Gasteiger partial charge in [0.1, 0.15) is 0 Å². The summed E-state index contributed by atoms with van der Waals surface area (Å²) in [4.78, 5) is 36.6. The van der Waals surface area contributed by atoms with Crippen molar-refractivity contribution in [2.75, 3.05) is 5.32 Å². The fourth-order valence-corrected chi connectivity index (χ4v) is 3.14. The van der Waals surface area contributed by atoms with Gasteiger partial charge in [-0.25, -0.2) is 10.1 Å². The minimum atomic E-state index is -0.494. The van der Waals surface area contributed by atoms with Crippen molar-refractivity contribution in [2.24, 2.45) is 5.10 Å².